The van der Waals surface area contributed by atoms with Crippen LogP contribution in [0.15, 0.2) is 42.6 Å². The van der Waals surface area contributed by atoms with Gasteiger partial charge in [0.2, 0.25) is 5.91 Å². The van der Waals surface area contributed by atoms with Crippen molar-refractivity contribution in [3.63, 3.8) is 0 Å². The average Bonchev–Trinajstić information content (AvgIpc) is 3.75. The lowest BCUT2D eigenvalue weighted by molar-refractivity contribution is -0.135. The summed E-state index contributed by atoms with van der Waals surface area (Å²) < 4.78 is 20.8. The number of ether oxygens (including phenoxy) is 1. The number of piperazine rings is 1. The number of halogens is 1. The summed E-state index contributed by atoms with van der Waals surface area (Å²) in [5.41, 5.74) is 5.11. The zero-order valence-electron chi connectivity index (χ0n) is 22.5. The Balaban J connectivity index is 1.28. The van der Waals surface area contributed by atoms with Crippen LogP contribution in [0.25, 0.3) is 16.8 Å². The molecule has 0 unspecified atom stereocenters. The molecular formula is C29H30FN7O2S. The molecule has 0 saturated carbocycles. The van der Waals surface area contributed by atoms with Crippen LogP contribution in [-0.2, 0) is 16.0 Å². The number of pyridine rings is 1. The van der Waals surface area contributed by atoms with Crippen molar-refractivity contribution in [2.24, 2.45) is 5.92 Å². The second-order valence-corrected chi connectivity index (χ2v) is 11.1. The first-order valence-corrected chi connectivity index (χ1v) is 14.3. The van der Waals surface area contributed by atoms with Crippen LogP contribution in [0.1, 0.15) is 23.9 Å². The molecule has 0 spiro atoms. The number of rotatable bonds is 6. The molecule has 3 aromatic heterocycles. The van der Waals surface area contributed by atoms with E-state index in [0.717, 1.165) is 48.5 Å². The van der Waals surface area contributed by atoms with Crippen LogP contribution in [0.2, 0.25) is 0 Å². The first kappa shape index (κ1) is 26.2. The summed E-state index contributed by atoms with van der Waals surface area (Å²) in [6, 6.07) is 12.5. The minimum Gasteiger partial charge on any atom is -0.381 e. The highest BCUT2D eigenvalue weighted by molar-refractivity contribution is 7.16. The van der Waals surface area contributed by atoms with Gasteiger partial charge < -0.3 is 19.4 Å². The summed E-state index contributed by atoms with van der Waals surface area (Å²) in [7, 11) is 1.94. The summed E-state index contributed by atoms with van der Waals surface area (Å²) in [6.07, 6.45) is 3.51. The van der Waals surface area contributed by atoms with Gasteiger partial charge in [0, 0.05) is 57.3 Å². The van der Waals surface area contributed by atoms with Crippen LogP contribution in [0, 0.1) is 23.1 Å². The topological polar surface area (TPSA) is 90.0 Å². The molecule has 5 heterocycles. The minimum atomic E-state index is -0.332. The molecule has 40 heavy (non-hydrogen) atoms. The number of nitrogens with zero attached hydrogens (tertiary/aromatic N) is 7. The van der Waals surface area contributed by atoms with Crippen LogP contribution in [0.5, 0.6) is 0 Å². The molecule has 2 fully saturated rings. The Bertz CT molecular complexity index is 1580. The Morgan fingerprint density at radius 1 is 1.23 bits per heavy atom. The van der Waals surface area contributed by atoms with E-state index in [2.05, 4.69) is 30.0 Å². The molecule has 6 rings (SSSR count). The molecule has 2 aliphatic heterocycles. The predicted molar refractivity (Wildman–Crippen MR) is 153 cm³/mol. The zero-order chi connectivity index (χ0) is 27.8. The molecule has 2 aliphatic rings. The number of anilines is 3. The van der Waals surface area contributed by atoms with Crippen molar-refractivity contribution in [2.45, 2.75) is 19.8 Å². The average molecular weight is 560 g/mol. The van der Waals surface area contributed by atoms with Crippen LogP contribution in [0.3, 0.4) is 0 Å². The first-order chi connectivity index (χ1) is 19.5. The zero-order valence-corrected chi connectivity index (χ0v) is 23.3. The van der Waals surface area contributed by atoms with E-state index in [1.54, 1.807) is 12.1 Å². The SMILES string of the molecule is CCc1nn2ccc(N3CCN(C(=O)[C@H]4CCOC4)CC3)cc2c1N(C)c1nc(-c2ccc(F)cc2)c(C#N)s1. The summed E-state index contributed by atoms with van der Waals surface area (Å²) in [4.78, 5) is 24.4. The highest BCUT2D eigenvalue weighted by atomic mass is 32.1. The quantitative estimate of drug-likeness (QED) is 0.344. The third kappa shape index (κ3) is 4.78. The van der Waals surface area contributed by atoms with E-state index in [1.165, 1.54) is 23.5 Å². The smallest absolute Gasteiger partial charge is 0.228 e. The van der Waals surface area contributed by atoms with Gasteiger partial charge in [-0.2, -0.15) is 10.4 Å². The van der Waals surface area contributed by atoms with Gasteiger partial charge in [-0.05, 0) is 49.2 Å². The van der Waals surface area contributed by atoms with Crippen LogP contribution < -0.4 is 9.80 Å². The summed E-state index contributed by atoms with van der Waals surface area (Å²) in [5.74, 6) is -0.127. The number of hydrogen-bond donors (Lipinski definition) is 0. The van der Waals surface area contributed by atoms with Gasteiger partial charge in [0.25, 0.3) is 0 Å². The summed E-state index contributed by atoms with van der Waals surface area (Å²) >= 11 is 1.30. The molecule has 2 saturated heterocycles. The third-order valence-corrected chi connectivity index (χ3v) is 8.73. The Morgan fingerprint density at radius 2 is 2.00 bits per heavy atom. The lowest BCUT2D eigenvalue weighted by Crippen LogP contribution is -2.50. The molecule has 1 amide bonds. The Labute approximate surface area is 236 Å². The number of aromatic nitrogens is 3. The number of amides is 1. The van der Waals surface area contributed by atoms with Crippen molar-refractivity contribution >= 4 is 39.3 Å². The van der Waals surface area contributed by atoms with Crippen molar-refractivity contribution in [1.29, 1.82) is 5.26 Å². The fourth-order valence-corrected chi connectivity index (χ4v) is 6.32. The van der Waals surface area contributed by atoms with Crippen molar-refractivity contribution in [3.05, 3.63) is 59.0 Å². The van der Waals surface area contributed by atoms with E-state index in [0.29, 0.717) is 47.6 Å². The maximum Gasteiger partial charge on any atom is 0.228 e. The molecule has 4 aromatic rings. The van der Waals surface area contributed by atoms with Crippen molar-refractivity contribution in [1.82, 2.24) is 19.5 Å². The Kier molecular flexibility index (Phi) is 7.12. The van der Waals surface area contributed by atoms with E-state index in [-0.39, 0.29) is 17.6 Å². The monoisotopic (exact) mass is 559 g/mol. The van der Waals surface area contributed by atoms with Crippen LogP contribution >= 0.6 is 11.3 Å². The second-order valence-electron chi connectivity index (χ2n) is 10.1. The molecule has 0 aliphatic carbocycles. The molecule has 1 atom stereocenters. The van der Waals surface area contributed by atoms with Crippen molar-refractivity contribution in [3.8, 4) is 17.3 Å². The largest absolute Gasteiger partial charge is 0.381 e. The molecule has 0 bridgehead atoms. The van der Waals surface area contributed by atoms with E-state index in [1.807, 2.05) is 27.6 Å². The number of aryl methyl sites for hydroxylation is 1. The van der Waals surface area contributed by atoms with Gasteiger partial charge in [0.05, 0.1) is 29.4 Å². The molecule has 206 valence electrons. The number of benzene rings is 1. The second kappa shape index (κ2) is 10.9. The van der Waals surface area contributed by atoms with Crippen molar-refractivity contribution < 1.29 is 13.9 Å². The highest BCUT2D eigenvalue weighted by Gasteiger charge is 2.30. The van der Waals surface area contributed by atoms with Gasteiger partial charge in [-0.25, -0.2) is 13.9 Å². The number of hydrogen-bond acceptors (Lipinski definition) is 8. The van der Waals surface area contributed by atoms with E-state index in [9.17, 15) is 14.4 Å². The molecular weight excluding hydrogens is 529 g/mol. The van der Waals surface area contributed by atoms with E-state index in [4.69, 9.17) is 14.8 Å². The molecule has 0 N–H and O–H groups in total. The molecule has 1 aromatic carbocycles. The van der Waals surface area contributed by atoms with Gasteiger partial charge in [0.15, 0.2) is 5.13 Å². The van der Waals surface area contributed by atoms with Crippen LogP contribution in [0.4, 0.5) is 20.9 Å². The molecule has 9 nitrogen and oxygen atoms in total. The lowest BCUT2D eigenvalue weighted by atomic mass is 10.1. The van der Waals surface area contributed by atoms with Gasteiger partial charge in [-0.15, -0.1) is 0 Å². The fourth-order valence-electron chi connectivity index (χ4n) is 5.47. The minimum absolute atomic E-state index is 0.00348. The third-order valence-electron chi connectivity index (χ3n) is 7.69. The van der Waals surface area contributed by atoms with E-state index < -0.39 is 0 Å². The van der Waals surface area contributed by atoms with Gasteiger partial charge in [-0.3, -0.25) is 4.79 Å². The maximum atomic E-state index is 13.5. The standard InChI is InChI=1S/C29H30FN7O2S/c1-3-23-27(34(2)29-32-26(25(17-31)40-29)19-4-6-21(30)7-5-19)24-16-22(8-10-37(24)33-23)35-11-13-36(14-12-35)28(38)20-9-15-39-18-20/h4-8,10,16,20H,3,9,11-15,18H2,1-2H3/t20-/m0/s1. The highest BCUT2D eigenvalue weighted by Crippen LogP contribution is 2.39. The van der Waals surface area contributed by atoms with E-state index >= 15 is 0 Å². The Hall–Kier alpha value is -4.01. The predicted octanol–water partition coefficient (Wildman–Crippen LogP) is 4.48. The normalized spacial score (nSPS) is 17.4. The van der Waals surface area contributed by atoms with Gasteiger partial charge in [-0.1, -0.05) is 18.3 Å². The Morgan fingerprint density at radius 3 is 2.67 bits per heavy atom. The van der Waals surface area contributed by atoms with Gasteiger partial charge >= 0.3 is 0 Å². The van der Waals surface area contributed by atoms with Gasteiger partial charge in [0.1, 0.15) is 22.5 Å². The molecule has 0 radical (unpaired) electrons. The number of thiazole rings is 1. The number of fused-ring (bicyclic) bond motifs is 1. The summed E-state index contributed by atoms with van der Waals surface area (Å²) in [5, 5.41) is 15.3. The first-order valence-electron chi connectivity index (χ1n) is 13.5. The number of nitriles is 1. The lowest BCUT2D eigenvalue weighted by Gasteiger charge is -2.37. The maximum absolute atomic E-state index is 13.5. The molecule has 11 heteroatoms. The summed E-state index contributed by atoms with van der Waals surface area (Å²) in [6.45, 7) is 6.17. The van der Waals surface area contributed by atoms with Crippen molar-refractivity contribution in [2.75, 3.05) is 56.2 Å². The number of carbonyl (C=O) groups is 1. The fraction of sp³-hybridized carbons (Fsp3) is 0.379. The van der Waals surface area contributed by atoms with Crippen LogP contribution in [-0.4, -0.2) is 71.8 Å². The number of carbonyl (C=O) groups excluding carboxylic acids is 1.